The van der Waals surface area contributed by atoms with Crippen LogP contribution in [0.1, 0.15) is 53.4 Å². The summed E-state index contributed by atoms with van der Waals surface area (Å²) in [6.07, 6.45) is 2.28. The van der Waals surface area contributed by atoms with E-state index in [4.69, 9.17) is 10.5 Å². The number of hydrogen-bond acceptors (Lipinski definition) is 3. The van der Waals surface area contributed by atoms with Crippen LogP contribution < -0.4 is 11.1 Å². The molecule has 5 heteroatoms. The molecule has 1 fully saturated rings. The largest absolute Gasteiger partial charge is 0.381 e. The van der Waals surface area contributed by atoms with Gasteiger partial charge in [-0.05, 0) is 47.4 Å². The quantitative estimate of drug-likeness (QED) is 0.833. The highest BCUT2D eigenvalue weighted by Gasteiger charge is 2.43. The maximum atomic E-state index is 12.8. The van der Waals surface area contributed by atoms with Gasteiger partial charge in [-0.25, -0.2) is 0 Å². The molecule has 148 valence electrons. The summed E-state index contributed by atoms with van der Waals surface area (Å²) in [5.41, 5.74) is 11.4. The van der Waals surface area contributed by atoms with Crippen LogP contribution in [0, 0.1) is 5.92 Å². The average molecular weight is 399 g/mol. The lowest BCUT2D eigenvalue weighted by Gasteiger charge is -2.46. The number of halogens is 1. The molecule has 0 radical (unpaired) electrons. The molecule has 3 aliphatic carbocycles. The second-order valence-corrected chi connectivity index (χ2v) is 8.26. The van der Waals surface area contributed by atoms with Crippen LogP contribution in [-0.2, 0) is 9.53 Å². The van der Waals surface area contributed by atoms with Gasteiger partial charge in [0.1, 0.15) is 0 Å². The van der Waals surface area contributed by atoms with Gasteiger partial charge in [0, 0.05) is 31.6 Å². The van der Waals surface area contributed by atoms with E-state index in [0.29, 0.717) is 50.4 Å². The molecule has 2 aromatic rings. The summed E-state index contributed by atoms with van der Waals surface area (Å²) in [7, 11) is 0. The molecule has 0 saturated carbocycles. The van der Waals surface area contributed by atoms with Gasteiger partial charge in [-0.15, -0.1) is 12.4 Å². The highest BCUT2D eigenvalue weighted by molar-refractivity contribution is 5.86. The van der Waals surface area contributed by atoms with Gasteiger partial charge in [-0.3, -0.25) is 4.79 Å². The minimum atomic E-state index is -0.776. The molecule has 28 heavy (non-hydrogen) atoms. The first-order valence-corrected chi connectivity index (χ1v) is 10.00. The summed E-state index contributed by atoms with van der Waals surface area (Å²) in [5.74, 6) is 1.17. The number of rotatable bonds is 3. The Morgan fingerprint density at radius 1 is 1.00 bits per heavy atom. The predicted molar refractivity (Wildman–Crippen MR) is 112 cm³/mol. The number of fused-ring (bicyclic) bond motifs is 1. The van der Waals surface area contributed by atoms with E-state index in [9.17, 15) is 4.79 Å². The molecule has 1 unspecified atom stereocenters. The van der Waals surface area contributed by atoms with E-state index in [1.54, 1.807) is 0 Å². The number of nitrogens with one attached hydrogen (secondary N) is 1. The Labute approximate surface area is 172 Å². The highest BCUT2D eigenvalue weighted by atomic mass is 35.5. The normalized spacial score (nSPS) is 26.5. The van der Waals surface area contributed by atoms with Crippen molar-refractivity contribution in [1.82, 2.24) is 5.32 Å². The van der Waals surface area contributed by atoms with E-state index in [2.05, 4.69) is 53.8 Å². The van der Waals surface area contributed by atoms with Gasteiger partial charge in [0.05, 0.1) is 5.54 Å². The zero-order valence-corrected chi connectivity index (χ0v) is 16.7. The molecule has 4 aliphatic rings. The third-order valence-corrected chi connectivity index (χ3v) is 6.78. The Bertz CT molecular complexity index is 831. The molecular weight excluding hydrogens is 372 g/mol. The van der Waals surface area contributed by atoms with E-state index >= 15 is 0 Å². The number of hydrogen-bond donors (Lipinski definition) is 2. The Hall–Kier alpha value is -1.88. The van der Waals surface area contributed by atoms with Crippen molar-refractivity contribution in [2.24, 2.45) is 11.7 Å². The van der Waals surface area contributed by atoms with Gasteiger partial charge in [-0.2, -0.15) is 0 Å². The zero-order chi connectivity index (χ0) is 18.4. The molecule has 0 aromatic heterocycles. The van der Waals surface area contributed by atoms with E-state index in [0.717, 1.165) is 6.42 Å². The zero-order valence-electron chi connectivity index (χ0n) is 15.9. The summed E-state index contributed by atoms with van der Waals surface area (Å²) in [6, 6.07) is 17.6. The summed E-state index contributed by atoms with van der Waals surface area (Å²) in [5, 5.41) is 3.19. The fourth-order valence-corrected chi connectivity index (χ4v) is 5.32. The molecular formula is C23H27ClN2O2. The maximum absolute atomic E-state index is 12.8. The van der Waals surface area contributed by atoms with Gasteiger partial charge in [0.15, 0.2) is 0 Å². The highest BCUT2D eigenvalue weighted by Crippen LogP contribution is 2.55. The fraction of sp³-hybridized carbons (Fsp3) is 0.435. The van der Waals surface area contributed by atoms with Crippen molar-refractivity contribution in [2.45, 2.75) is 36.6 Å². The lowest BCUT2D eigenvalue weighted by molar-refractivity contribution is -0.130. The number of carbonyl (C=O) groups is 1. The van der Waals surface area contributed by atoms with Crippen LogP contribution in [0.2, 0.25) is 0 Å². The van der Waals surface area contributed by atoms with Crippen molar-refractivity contribution in [3.05, 3.63) is 70.8 Å². The minimum absolute atomic E-state index is 0. The monoisotopic (exact) mass is 398 g/mol. The molecule has 2 bridgehead atoms. The summed E-state index contributed by atoms with van der Waals surface area (Å²) < 4.78 is 5.37. The van der Waals surface area contributed by atoms with Crippen molar-refractivity contribution >= 4 is 18.3 Å². The average Bonchev–Trinajstić information content (AvgIpc) is 2.72. The summed E-state index contributed by atoms with van der Waals surface area (Å²) >= 11 is 0. The number of nitrogens with two attached hydrogens (primary N) is 1. The van der Waals surface area contributed by atoms with Gasteiger partial charge >= 0.3 is 0 Å². The van der Waals surface area contributed by atoms with Crippen LogP contribution in [0.5, 0.6) is 0 Å². The van der Waals surface area contributed by atoms with Crippen molar-refractivity contribution < 1.29 is 9.53 Å². The third kappa shape index (κ3) is 3.04. The van der Waals surface area contributed by atoms with Gasteiger partial charge in [0.25, 0.3) is 0 Å². The summed E-state index contributed by atoms with van der Waals surface area (Å²) in [4.78, 5) is 12.8. The Morgan fingerprint density at radius 3 is 2.11 bits per heavy atom. The van der Waals surface area contributed by atoms with Crippen molar-refractivity contribution in [2.75, 3.05) is 19.8 Å². The van der Waals surface area contributed by atoms with Crippen LogP contribution in [0.4, 0.5) is 0 Å². The van der Waals surface area contributed by atoms with Gasteiger partial charge in [-0.1, -0.05) is 48.5 Å². The second kappa shape index (κ2) is 7.51. The molecule has 4 nitrogen and oxygen atoms in total. The smallest absolute Gasteiger partial charge is 0.240 e. The molecule has 3 N–H and O–H groups in total. The lowest BCUT2D eigenvalue weighted by Crippen LogP contribution is -2.57. The molecule has 1 aliphatic heterocycles. The Morgan fingerprint density at radius 2 is 1.54 bits per heavy atom. The first-order chi connectivity index (χ1) is 13.2. The fourth-order valence-electron chi connectivity index (χ4n) is 5.32. The van der Waals surface area contributed by atoms with Crippen molar-refractivity contribution in [3.8, 4) is 0 Å². The maximum Gasteiger partial charge on any atom is 0.240 e. The molecule has 6 rings (SSSR count). The van der Waals surface area contributed by atoms with Gasteiger partial charge < -0.3 is 15.8 Å². The second-order valence-electron chi connectivity index (χ2n) is 8.26. The first kappa shape index (κ1) is 19.4. The van der Waals surface area contributed by atoms with E-state index < -0.39 is 5.54 Å². The molecule has 1 atom stereocenters. The Balaban J connectivity index is 0.00000192. The van der Waals surface area contributed by atoms with E-state index in [-0.39, 0.29) is 18.3 Å². The third-order valence-electron chi connectivity index (χ3n) is 6.78. The lowest BCUT2D eigenvalue weighted by atomic mass is 9.59. The topological polar surface area (TPSA) is 64.4 Å². The van der Waals surface area contributed by atoms with Crippen LogP contribution in [0.3, 0.4) is 0 Å². The molecule has 1 amide bonds. The minimum Gasteiger partial charge on any atom is -0.381 e. The number of carbonyl (C=O) groups excluding carboxylic acids is 1. The molecule has 1 heterocycles. The van der Waals surface area contributed by atoms with Crippen LogP contribution >= 0.6 is 12.4 Å². The predicted octanol–water partition coefficient (Wildman–Crippen LogP) is 3.33. The number of amides is 1. The van der Waals surface area contributed by atoms with E-state index in [1.807, 2.05) is 0 Å². The number of benzene rings is 2. The van der Waals surface area contributed by atoms with Crippen LogP contribution in [-0.4, -0.2) is 31.2 Å². The summed E-state index contributed by atoms with van der Waals surface area (Å²) in [6.45, 7) is 1.82. The van der Waals surface area contributed by atoms with Crippen LogP contribution in [0.15, 0.2) is 48.5 Å². The van der Waals surface area contributed by atoms with Crippen molar-refractivity contribution in [3.63, 3.8) is 0 Å². The van der Waals surface area contributed by atoms with Crippen LogP contribution in [0.25, 0.3) is 0 Å². The SMILES string of the molecule is Cl.NC1(C(=O)NCC2CC3c4ccccc4C2c2ccccc23)CCOCC1. The molecule has 2 aromatic carbocycles. The Kier molecular flexibility index (Phi) is 5.21. The van der Waals surface area contributed by atoms with Crippen molar-refractivity contribution in [1.29, 1.82) is 0 Å². The first-order valence-electron chi connectivity index (χ1n) is 10.00. The van der Waals surface area contributed by atoms with E-state index in [1.165, 1.54) is 22.3 Å². The standard InChI is InChI=1S/C23H26N2O2.ClH/c24-23(9-11-27-12-10-23)22(26)25-14-15-13-20-16-5-1-3-7-18(16)21(15)19-8-4-2-6-17(19)20;/h1-8,15,20-21H,9-14,24H2,(H,25,26);1H. The molecule has 1 saturated heterocycles. The van der Waals surface area contributed by atoms with Gasteiger partial charge in [0.2, 0.25) is 5.91 Å². The number of ether oxygens (including phenoxy) is 1. The molecule has 0 spiro atoms.